The predicted molar refractivity (Wildman–Crippen MR) is 103 cm³/mol. The monoisotopic (exact) mass is 351 g/mol. The van der Waals surface area contributed by atoms with E-state index in [0.717, 1.165) is 28.0 Å². The Kier molecular flexibility index (Phi) is 5.56. The van der Waals surface area contributed by atoms with E-state index < -0.39 is 0 Å². The summed E-state index contributed by atoms with van der Waals surface area (Å²) < 4.78 is 7.40. The number of ether oxygens (including phenoxy) is 1. The third-order valence-electron chi connectivity index (χ3n) is 3.84. The van der Waals surface area contributed by atoms with Crippen LogP contribution in [0.4, 0.5) is 0 Å². The Morgan fingerprint density at radius 1 is 1.16 bits per heavy atom. The van der Waals surface area contributed by atoms with Crippen LogP contribution in [-0.2, 0) is 12.3 Å². The standard InChI is InChI=1S/C20H21N3OS/c1-4-12-23-19(17-6-5-7-18(13-17)24-3)21-22-20(23)25-14-16-10-8-15(2)9-11-16/h4-11,13H,1,12,14H2,2-3H3. The molecule has 3 aromatic rings. The van der Waals surface area contributed by atoms with Crippen molar-refractivity contribution >= 4 is 11.8 Å². The zero-order valence-corrected chi connectivity index (χ0v) is 15.3. The number of thioether (sulfide) groups is 1. The maximum absolute atomic E-state index is 5.32. The van der Waals surface area contributed by atoms with Crippen molar-refractivity contribution in [3.8, 4) is 17.1 Å². The lowest BCUT2D eigenvalue weighted by atomic mass is 10.2. The molecule has 4 nitrogen and oxygen atoms in total. The summed E-state index contributed by atoms with van der Waals surface area (Å²) >= 11 is 1.68. The van der Waals surface area contributed by atoms with Gasteiger partial charge in [-0.05, 0) is 24.6 Å². The molecule has 0 aliphatic carbocycles. The van der Waals surface area contributed by atoms with Crippen molar-refractivity contribution in [3.63, 3.8) is 0 Å². The van der Waals surface area contributed by atoms with Gasteiger partial charge in [0, 0.05) is 17.9 Å². The third kappa shape index (κ3) is 4.12. The van der Waals surface area contributed by atoms with Crippen LogP contribution < -0.4 is 4.74 Å². The molecule has 0 bridgehead atoms. The van der Waals surface area contributed by atoms with E-state index in [2.05, 4.69) is 52.5 Å². The zero-order chi connectivity index (χ0) is 17.6. The number of rotatable bonds is 7. The number of hydrogen-bond acceptors (Lipinski definition) is 4. The molecule has 0 N–H and O–H groups in total. The molecule has 0 fully saturated rings. The Morgan fingerprint density at radius 2 is 1.96 bits per heavy atom. The molecule has 0 unspecified atom stereocenters. The quantitative estimate of drug-likeness (QED) is 0.455. The van der Waals surface area contributed by atoms with E-state index in [0.29, 0.717) is 6.54 Å². The van der Waals surface area contributed by atoms with Gasteiger partial charge in [0.15, 0.2) is 11.0 Å². The van der Waals surface area contributed by atoms with Gasteiger partial charge in [0.25, 0.3) is 0 Å². The topological polar surface area (TPSA) is 39.9 Å². The Labute approximate surface area is 152 Å². The summed E-state index contributed by atoms with van der Waals surface area (Å²) in [4.78, 5) is 0. The van der Waals surface area contributed by atoms with Crippen LogP contribution in [0.25, 0.3) is 11.4 Å². The van der Waals surface area contributed by atoms with Crippen molar-refractivity contribution in [3.05, 3.63) is 72.3 Å². The fourth-order valence-corrected chi connectivity index (χ4v) is 3.40. The van der Waals surface area contributed by atoms with Gasteiger partial charge in [0.1, 0.15) is 5.75 Å². The van der Waals surface area contributed by atoms with Crippen molar-refractivity contribution < 1.29 is 4.74 Å². The second kappa shape index (κ2) is 8.03. The number of nitrogens with zero attached hydrogens (tertiary/aromatic N) is 3. The first-order valence-corrected chi connectivity index (χ1v) is 9.06. The first-order valence-electron chi connectivity index (χ1n) is 8.08. The lowest BCUT2D eigenvalue weighted by Crippen LogP contribution is -2.01. The van der Waals surface area contributed by atoms with E-state index in [4.69, 9.17) is 4.74 Å². The zero-order valence-electron chi connectivity index (χ0n) is 14.5. The van der Waals surface area contributed by atoms with Gasteiger partial charge >= 0.3 is 0 Å². The number of hydrogen-bond donors (Lipinski definition) is 0. The molecule has 25 heavy (non-hydrogen) atoms. The van der Waals surface area contributed by atoms with Crippen LogP contribution in [0.15, 0.2) is 66.3 Å². The largest absolute Gasteiger partial charge is 0.497 e. The van der Waals surface area contributed by atoms with Crippen LogP contribution in [0.5, 0.6) is 5.75 Å². The van der Waals surface area contributed by atoms with E-state index >= 15 is 0 Å². The first kappa shape index (κ1) is 17.3. The minimum absolute atomic E-state index is 0.662. The molecule has 1 aromatic heterocycles. The van der Waals surface area contributed by atoms with Gasteiger partial charge < -0.3 is 4.74 Å². The number of allylic oxidation sites excluding steroid dienone is 1. The fraction of sp³-hybridized carbons (Fsp3) is 0.200. The highest BCUT2D eigenvalue weighted by Gasteiger charge is 2.14. The second-order valence-electron chi connectivity index (χ2n) is 5.71. The van der Waals surface area contributed by atoms with Gasteiger partial charge in [0.05, 0.1) is 7.11 Å². The van der Waals surface area contributed by atoms with Crippen LogP contribution in [-0.4, -0.2) is 21.9 Å². The second-order valence-corrected chi connectivity index (χ2v) is 6.65. The lowest BCUT2D eigenvalue weighted by Gasteiger charge is -2.09. The SMILES string of the molecule is C=CCn1c(SCc2ccc(C)cc2)nnc1-c1cccc(OC)c1. The molecule has 0 aliphatic rings. The molecule has 0 atom stereocenters. The van der Waals surface area contributed by atoms with Crippen molar-refractivity contribution in [2.45, 2.75) is 24.4 Å². The van der Waals surface area contributed by atoms with Crippen LogP contribution >= 0.6 is 11.8 Å². The number of benzene rings is 2. The smallest absolute Gasteiger partial charge is 0.192 e. The summed E-state index contributed by atoms with van der Waals surface area (Å²) in [6, 6.07) is 16.4. The van der Waals surface area contributed by atoms with E-state index in [-0.39, 0.29) is 0 Å². The minimum Gasteiger partial charge on any atom is -0.497 e. The first-order chi connectivity index (χ1) is 12.2. The highest BCUT2D eigenvalue weighted by atomic mass is 32.2. The number of aromatic nitrogens is 3. The van der Waals surface area contributed by atoms with Gasteiger partial charge in [-0.2, -0.15) is 0 Å². The van der Waals surface area contributed by atoms with Gasteiger partial charge in [-0.3, -0.25) is 4.57 Å². The van der Waals surface area contributed by atoms with Crippen molar-refractivity contribution in [1.82, 2.24) is 14.8 Å². The number of aryl methyl sites for hydroxylation is 1. The van der Waals surface area contributed by atoms with Crippen LogP contribution in [0.2, 0.25) is 0 Å². The Hall–Kier alpha value is -2.53. The van der Waals surface area contributed by atoms with E-state index in [1.54, 1.807) is 18.9 Å². The van der Waals surface area contributed by atoms with Crippen molar-refractivity contribution in [1.29, 1.82) is 0 Å². The minimum atomic E-state index is 0.662. The molecule has 0 radical (unpaired) electrons. The van der Waals surface area contributed by atoms with Gasteiger partial charge in [-0.1, -0.05) is 59.8 Å². The van der Waals surface area contributed by atoms with Crippen LogP contribution in [0.3, 0.4) is 0 Å². The predicted octanol–water partition coefficient (Wildman–Crippen LogP) is 4.74. The van der Waals surface area contributed by atoms with Crippen molar-refractivity contribution in [2.75, 3.05) is 7.11 Å². The molecule has 0 aliphatic heterocycles. The van der Waals surface area contributed by atoms with E-state index in [9.17, 15) is 0 Å². The molecule has 0 spiro atoms. The molecule has 2 aromatic carbocycles. The highest BCUT2D eigenvalue weighted by molar-refractivity contribution is 7.98. The van der Waals surface area contributed by atoms with Crippen LogP contribution in [0, 0.1) is 6.92 Å². The molecule has 5 heteroatoms. The molecule has 0 amide bonds. The average Bonchev–Trinajstić information content (AvgIpc) is 3.04. The normalized spacial score (nSPS) is 10.6. The average molecular weight is 351 g/mol. The Bertz CT molecular complexity index is 856. The van der Waals surface area contributed by atoms with E-state index in [1.165, 1.54) is 11.1 Å². The molecular formula is C20H21N3OS. The van der Waals surface area contributed by atoms with Crippen molar-refractivity contribution in [2.24, 2.45) is 0 Å². The Balaban J connectivity index is 1.86. The summed E-state index contributed by atoms with van der Waals surface area (Å²) in [6.45, 7) is 6.62. The van der Waals surface area contributed by atoms with Gasteiger partial charge in [0.2, 0.25) is 0 Å². The highest BCUT2D eigenvalue weighted by Crippen LogP contribution is 2.28. The third-order valence-corrected chi connectivity index (χ3v) is 4.88. The molecular weight excluding hydrogens is 330 g/mol. The molecule has 3 rings (SSSR count). The fourth-order valence-electron chi connectivity index (χ4n) is 2.50. The molecule has 0 saturated carbocycles. The lowest BCUT2D eigenvalue weighted by molar-refractivity contribution is 0.415. The molecule has 0 saturated heterocycles. The Morgan fingerprint density at radius 3 is 2.68 bits per heavy atom. The summed E-state index contributed by atoms with van der Waals surface area (Å²) in [5, 5.41) is 9.67. The summed E-state index contributed by atoms with van der Waals surface area (Å²) in [5.74, 6) is 2.48. The number of methoxy groups -OCH3 is 1. The molecule has 1 heterocycles. The molecule has 128 valence electrons. The van der Waals surface area contributed by atoms with E-state index in [1.807, 2.05) is 30.3 Å². The van der Waals surface area contributed by atoms with Gasteiger partial charge in [-0.15, -0.1) is 16.8 Å². The van der Waals surface area contributed by atoms with Crippen LogP contribution in [0.1, 0.15) is 11.1 Å². The summed E-state index contributed by atoms with van der Waals surface area (Å²) in [6.07, 6.45) is 1.86. The summed E-state index contributed by atoms with van der Waals surface area (Å²) in [7, 11) is 1.66. The van der Waals surface area contributed by atoms with Gasteiger partial charge in [-0.25, -0.2) is 0 Å². The summed E-state index contributed by atoms with van der Waals surface area (Å²) in [5.41, 5.74) is 3.52. The maximum atomic E-state index is 5.32. The maximum Gasteiger partial charge on any atom is 0.192 e.